The smallest absolute Gasteiger partial charge is 0.258 e. The highest BCUT2D eigenvalue weighted by atomic mass is 19.1. The Labute approximate surface area is 73.2 Å². The van der Waals surface area contributed by atoms with Crippen molar-refractivity contribution in [2.45, 2.75) is 13.8 Å². The van der Waals surface area contributed by atoms with Crippen molar-refractivity contribution < 1.29 is 13.4 Å². The average Bonchev–Trinajstić information content (AvgIpc) is 1.99. The normalized spacial score (nSPS) is 14.7. The Kier molecular flexibility index (Phi) is 1.26. The van der Waals surface area contributed by atoms with Gasteiger partial charge in [0.05, 0.1) is 11.0 Å². The summed E-state index contributed by atoms with van der Waals surface area (Å²) in [4.78, 5) is 9.60. The third kappa shape index (κ3) is 1.42. The van der Waals surface area contributed by atoms with E-state index >= 15 is 0 Å². The van der Waals surface area contributed by atoms with Crippen LogP contribution in [0.4, 0.5) is 10.1 Å². The highest BCUT2D eigenvalue weighted by molar-refractivity contribution is 5.39. The van der Waals surface area contributed by atoms with Crippen molar-refractivity contribution in [2.24, 2.45) is 0 Å². The van der Waals surface area contributed by atoms with Crippen LogP contribution in [-0.2, 0) is 0 Å². The number of nitro benzene ring substituents is 1. The van der Waals surface area contributed by atoms with Crippen molar-refractivity contribution in [3.8, 4) is 0 Å². The van der Waals surface area contributed by atoms with Crippen LogP contribution in [0.15, 0.2) is 12.1 Å². The third-order valence-corrected chi connectivity index (χ3v) is 1.48. The number of hydrogen-bond acceptors (Lipinski definition) is 2. The van der Waals surface area contributed by atoms with Crippen LogP contribution in [0.5, 0.6) is 0 Å². The first-order chi connectivity index (χ1) is 6.73. The summed E-state index contributed by atoms with van der Waals surface area (Å²) in [5, 5.41) is 10.4. The van der Waals surface area contributed by atoms with E-state index in [2.05, 4.69) is 0 Å². The lowest BCUT2D eigenvalue weighted by Crippen LogP contribution is -1.93. The van der Waals surface area contributed by atoms with Crippen LogP contribution in [0.2, 0.25) is 0 Å². The van der Waals surface area contributed by atoms with E-state index in [1.807, 2.05) is 0 Å². The maximum absolute atomic E-state index is 13.3. The van der Waals surface area contributed by atoms with Crippen molar-refractivity contribution in [2.75, 3.05) is 0 Å². The number of aryl methyl sites for hydroxylation is 1. The van der Waals surface area contributed by atoms with Gasteiger partial charge in [-0.1, -0.05) is 0 Å². The van der Waals surface area contributed by atoms with Crippen molar-refractivity contribution in [1.82, 2.24) is 0 Å². The zero-order valence-electron chi connectivity index (χ0n) is 9.30. The Morgan fingerprint density at radius 3 is 2.75 bits per heavy atom. The van der Waals surface area contributed by atoms with Gasteiger partial charge in [0.25, 0.3) is 5.69 Å². The van der Waals surface area contributed by atoms with Crippen molar-refractivity contribution >= 4 is 5.69 Å². The second kappa shape index (κ2) is 2.89. The molecule has 4 heteroatoms. The maximum atomic E-state index is 13.3. The third-order valence-electron chi connectivity index (χ3n) is 1.48. The standard InChI is InChI=1S/C8H8FNO2/c1-5-3-7(10(11)12)4-8(9)6(5)2/h3-4H,1-2H3/i2D3. The second-order valence-electron chi connectivity index (χ2n) is 2.38. The summed E-state index contributed by atoms with van der Waals surface area (Å²) >= 11 is 0. The van der Waals surface area contributed by atoms with Crippen molar-refractivity contribution in [1.29, 1.82) is 0 Å². The minimum atomic E-state index is -2.59. The number of nitro groups is 1. The van der Waals surface area contributed by atoms with Crippen LogP contribution in [0.1, 0.15) is 15.2 Å². The number of nitrogens with zero attached hydrogens (tertiary/aromatic N) is 1. The summed E-state index contributed by atoms with van der Waals surface area (Å²) in [5.41, 5.74) is -0.854. The van der Waals surface area contributed by atoms with E-state index in [9.17, 15) is 14.5 Å². The summed E-state index contributed by atoms with van der Waals surface area (Å²) in [7, 11) is 0. The van der Waals surface area contributed by atoms with Crippen LogP contribution in [0, 0.1) is 29.7 Å². The first kappa shape index (κ1) is 5.24. The number of benzene rings is 1. The molecular formula is C8H8FNO2. The van der Waals surface area contributed by atoms with Gasteiger partial charge in [-0.25, -0.2) is 4.39 Å². The minimum Gasteiger partial charge on any atom is -0.258 e. The van der Waals surface area contributed by atoms with Crippen molar-refractivity contribution in [3.05, 3.63) is 39.2 Å². The Balaban J connectivity index is 3.41. The van der Waals surface area contributed by atoms with Crippen LogP contribution in [0.3, 0.4) is 0 Å². The predicted molar refractivity (Wildman–Crippen MR) is 42.5 cm³/mol. The molecule has 0 aliphatic heterocycles. The van der Waals surface area contributed by atoms with Gasteiger partial charge in [0.2, 0.25) is 0 Å². The molecule has 0 atom stereocenters. The van der Waals surface area contributed by atoms with E-state index in [0.717, 1.165) is 6.07 Å². The van der Waals surface area contributed by atoms with E-state index in [1.54, 1.807) is 0 Å². The van der Waals surface area contributed by atoms with Gasteiger partial charge in [-0.3, -0.25) is 10.1 Å². The van der Waals surface area contributed by atoms with Crippen LogP contribution < -0.4 is 0 Å². The van der Waals surface area contributed by atoms with Crippen molar-refractivity contribution in [3.63, 3.8) is 0 Å². The van der Waals surface area contributed by atoms with Gasteiger partial charge in [-0.15, -0.1) is 0 Å². The summed E-state index contributed by atoms with van der Waals surface area (Å²) in [5.74, 6) is -1.07. The van der Waals surface area contributed by atoms with E-state index < -0.39 is 28.8 Å². The summed E-state index contributed by atoms with van der Waals surface area (Å²) < 4.78 is 34.5. The molecule has 1 rings (SSSR count). The summed E-state index contributed by atoms with van der Waals surface area (Å²) in [6.45, 7) is -1.26. The fourth-order valence-electron chi connectivity index (χ4n) is 0.831. The van der Waals surface area contributed by atoms with Gasteiger partial charge < -0.3 is 0 Å². The monoisotopic (exact) mass is 172 g/mol. The van der Waals surface area contributed by atoms with Crippen LogP contribution in [0.25, 0.3) is 0 Å². The molecule has 0 amide bonds. The molecule has 0 spiro atoms. The lowest BCUT2D eigenvalue weighted by molar-refractivity contribution is -0.385. The zero-order chi connectivity index (χ0) is 11.8. The molecule has 0 aliphatic carbocycles. The number of non-ortho nitro benzene ring substituents is 1. The molecule has 0 bridgehead atoms. The average molecular weight is 172 g/mol. The molecule has 0 aliphatic rings. The quantitative estimate of drug-likeness (QED) is 0.482. The van der Waals surface area contributed by atoms with Gasteiger partial charge >= 0.3 is 0 Å². The fraction of sp³-hybridized carbons (Fsp3) is 0.250. The van der Waals surface area contributed by atoms with Gasteiger partial charge in [-0.2, -0.15) is 0 Å². The number of hydrogen-bond donors (Lipinski definition) is 0. The summed E-state index contributed by atoms with van der Waals surface area (Å²) in [6, 6.07) is 1.67. The molecule has 1 aromatic rings. The SMILES string of the molecule is [2H]C([2H])([2H])c1c(C)cc([N+](=O)[O-])cc1F. The molecule has 12 heavy (non-hydrogen) atoms. The van der Waals surface area contributed by atoms with E-state index in [4.69, 9.17) is 4.11 Å². The molecule has 0 fully saturated rings. The van der Waals surface area contributed by atoms with E-state index in [0.29, 0.717) is 6.07 Å². The number of halogens is 1. The Hall–Kier alpha value is -1.45. The minimum absolute atomic E-state index is 0.0571. The molecule has 0 radical (unpaired) electrons. The van der Waals surface area contributed by atoms with Crippen LogP contribution in [-0.4, -0.2) is 4.92 Å². The Bertz CT molecular complexity index is 394. The fourth-order valence-corrected chi connectivity index (χ4v) is 0.831. The lowest BCUT2D eigenvalue weighted by Gasteiger charge is -2.00. The van der Waals surface area contributed by atoms with E-state index in [1.165, 1.54) is 6.92 Å². The molecule has 1 aromatic carbocycles. The molecule has 64 valence electrons. The molecule has 0 saturated carbocycles. The Morgan fingerprint density at radius 1 is 1.67 bits per heavy atom. The highest BCUT2D eigenvalue weighted by Crippen LogP contribution is 2.19. The van der Waals surface area contributed by atoms with Crippen LogP contribution >= 0.6 is 0 Å². The van der Waals surface area contributed by atoms with E-state index in [-0.39, 0.29) is 5.56 Å². The molecule has 0 aromatic heterocycles. The first-order valence-corrected chi connectivity index (χ1v) is 3.18. The largest absolute Gasteiger partial charge is 0.272 e. The molecular weight excluding hydrogens is 161 g/mol. The summed E-state index contributed by atoms with van der Waals surface area (Å²) in [6.07, 6.45) is 0. The lowest BCUT2D eigenvalue weighted by atomic mass is 10.1. The molecule has 0 saturated heterocycles. The number of rotatable bonds is 1. The Morgan fingerprint density at radius 2 is 2.33 bits per heavy atom. The molecule has 3 nitrogen and oxygen atoms in total. The molecule has 0 unspecified atom stereocenters. The molecule has 0 N–H and O–H groups in total. The van der Waals surface area contributed by atoms with Gasteiger partial charge in [-0.05, 0) is 24.9 Å². The first-order valence-electron chi connectivity index (χ1n) is 4.68. The van der Waals surface area contributed by atoms with Gasteiger partial charge in [0, 0.05) is 10.2 Å². The van der Waals surface area contributed by atoms with Gasteiger partial charge in [0.1, 0.15) is 5.82 Å². The topological polar surface area (TPSA) is 43.1 Å². The maximum Gasteiger partial charge on any atom is 0.272 e. The predicted octanol–water partition coefficient (Wildman–Crippen LogP) is 2.35. The van der Waals surface area contributed by atoms with Gasteiger partial charge in [0.15, 0.2) is 0 Å². The second-order valence-corrected chi connectivity index (χ2v) is 2.38. The zero-order valence-corrected chi connectivity index (χ0v) is 6.30. The molecule has 0 heterocycles. The highest BCUT2D eigenvalue weighted by Gasteiger charge is 2.10.